The van der Waals surface area contributed by atoms with Gasteiger partial charge in [0.25, 0.3) is 0 Å². The van der Waals surface area contributed by atoms with E-state index in [1.165, 1.54) is 11.3 Å². The molecule has 3 aromatic rings. The fourth-order valence-electron chi connectivity index (χ4n) is 5.29. The van der Waals surface area contributed by atoms with Crippen LogP contribution in [0.4, 0.5) is 9.59 Å². The number of nitrogens with zero attached hydrogens (tertiary/aromatic N) is 4. The zero-order chi connectivity index (χ0) is 34.3. The fraction of sp³-hybridized carbons (Fsp3) is 0.559. The molecule has 0 spiro atoms. The molecule has 0 radical (unpaired) electrons. The van der Waals surface area contributed by atoms with Crippen molar-refractivity contribution < 1.29 is 23.9 Å². The molecular weight excluding hydrogens is 651 g/mol. The molecule has 262 valence electrons. The predicted octanol–water partition coefficient (Wildman–Crippen LogP) is 4.78. The van der Waals surface area contributed by atoms with Gasteiger partial charge >= 0.3 is 12.1 Å². The van der Waals surface area contributed by atoms with Crippen molar-refractivity contribution >= 4 is 40.7 Å². The maximum atomic E-state index is 13.6. The van der Waals surface area contributed by atoms with Crippen LogP contribution < -0.4 is 16.0 Å². The lowest BCUT2D eigenvalue weighted by Gasteiger charge is -2.29. The Hall–Kier alpha value is -3.59. The molecule has 0 bridgehead atoms. The number of aromatic nitrogens is 2. The zero-order valence-corrected chi connectivity index (χ0v) is 30.0. The first-order chi connectivity index (χ1) is 23.2. The lowest BCUT2D eigenvalue weighted by molar-refractivity contribution is -0.124. The number of ether oxygens (including phenoxy) is 2. The minimum atomic E-state index is -0.716. The van der Waals surface area contributed by atoms with Gasteiger partial charge in [-0.15, -0.1) is 22.7 Å². The van der Waals surface area contributed by atoms with Crippen molar-refractivity contribution in [3.8, 4) is 0 Å². The van der Waals surface area contributed by atoms with Crippen LogP contribution in [0.3, 0.4) is 0 Å². The van der Waals surface area contributed by atoms with Gasteiger partial charge in [0.1, 0.15) is 12.6 Å². The summed E-state index contributed by atoms with van der Waals surface area (Å²) in [5.74, 6) is 0.0929. The Bertz CT molecular complexity index is 1400. The molecule has 3 N–H and O–H groups in total. The summed E-state index contributed by atoms with van der Waals surface area (Å²) in [4.78, 5) is 52.9. The molecular formula is C34H49N7O5S2. The molecule has 1 aliphatic rings. The molecule has 0 saturated carbocycles. The monoisotopic (exact) mass is 699 g/mol. The molecule has 4 rings (SSSR count). The molecule has 3 atom stereocenters. The summed E-state index contributed by atoms with van der Waals surface area (Å²) < 4.78 is 10.9. The van der Waals surface area contributed by atoms with Crippen LogP contribution in [0.15, 0.2) is 47.4 Å². The fourth-order valence-corrected chi connectivity index (χ4v) is 6.62. The third-order valence-corrected chi connectivity index (χ3v) is 10.0. The van der Waals surface area contributed by atoms with Gasteiger partial charge in [-0.05, 0) is 38.2 Å². The van der Waals surface area contributed by atoms with E-state index in [1.54, 1.807) is 35.0 Å². The van der Waals surface area contributed by atoms with Gasteiger partial charge in [0.2, 0.25) is 5.91 Å². The first kappa shape index (κ1) is 37.2. The summed E-state index contributed by atoms with van der Waals surface area (Å²) in [6, 6.07) is 8.52. The molecule has 1 fully saturated rings. The topological polar surface area (TPSA) is 138 Å². The van der Waals surface area contributed by atoms with Crippen molar-refractivity contribution in [1.29, 1.82) is 0 Å². The van der Waals surface area contributed by atoms with E-state index in [2.05, 4.69) is 44.7 Å². The molecule has 14 heteroatoms. The zero-order valence-electron chi connectivity index (χ0n) is 28.4. The first-order valence-electron chi connectivity index (χ1n) is 16.6. The van der Waals surface area contributed by atoms with E-state index in [1.807, 2.05) is 42.6 Å². The summed E-state index contributed by atoms with van der Waals surface area (Å²) >= 11 is 3.02. The van der Waals surface area contributed by atoms with Crippen LogP contribution >= 0.6 is 22.7 Å². The molecule has 3 heterocycles. The van der Waals surface area contributed by atoms with Crippen LogP contribution in [0.1, 0.15) is 67.1 Å². The number of thiazole rings is 2. The second-order valence-electron chi connectivity index (χ2n) is 12.5. The van der Waals surface area contributed by atoms with E-state index >= 15 is 0 Å². The highest BCUT2D eigenvalue weighted by molar-refractivity contribution is 7.09. The average molecular weight is 700 g/mol. The highest BCUT2D eigenvalue weighted by atomic mass is 32.1. The van der Waals surface area contributed by atoms with Gasteiger partial charge in [-0.2, -0.15) is 0 Å². The van der Waals surface area contributed by atoms with Crippen molar-refractivity contribution in [2.45, 2.75) is 83.6 Å². The molecule has 1 aliphatic heterocycles. The van der Waals surface area contributed by atoms with Gasteiger partial charge in [-0.1, -0.05) is 44.2 Å². The summed E-state index contributed by atoms with van der Waals surface area (Å²) in [6.07, 6.45) is 3.52. The second-order valence-corrected chi connectivity index (χ2v) is 14.4. The van der Waals surface area contributed by atoms with Gasteiger partial charge < -0.3 is 30.3 Å². The molecule has 1 saturated heterocycles. The third kappa shape index (κ3) is 12.8. The molecule has 0 unspecified atom stereocenters. The molecule has 1 aromatic carbocycles. The van der Waals surface area contributed by atoms with Gasteiger partial charge in [0, 0.05) is 56.3 Å². The Morgan fingerprint density at radius 3 is 2.48 bits per heavy atom. The number of carbonyl (C=O) groups is 3. The summed E-state index contributed by atoms with van der Waals surface area (Å²) in [5.41, 5.74) is 3.62. The number of benzene rings is 1. The quantitative estimate of drug-likeness (QED) is 0.183. The van der Waals surface area contributed by atoms with Crippen LogP contribution in [-0.4, -0.2) is 95.8 Å². The number of rotatable bonds is 17. The van der Waals surface area contributed by atoms with Crippen molar-refractivity contribution in [2.75, 3.05) is 39.9 Å². The van der Waals surface area contributed by atoms with Crippen molar-refractivity contribution in [1.82, 2.24) is 35.7 Å². The molecule has 4 amide bonds. The lowest BCUT2D eigenvalue weighted by atomic mass is 9.99. The average Bonchev–Trinajstić information content (AvgIpc) is 3.78. The van der Waals surface area contributed by atoms with Crippen LogP contribution in [0, 0.1) is 0 Å². The minimum absolute atomic E-state index is 0.163. The Kier molecular flexibility index (Phi) is 15.1. The smallest absolute Gasteiger partial charge is 0.407 e. The predicted molar refractivity (Wildman–Crippen MR) is 188 cm³/mol. The van der Waals surface area contributed by atoms with E-state index in [9.17, 15) is 14.4 Å². The van der Waals surface area contributed by atoms with E-state index in [0.717, 1.165) is 34.2 Å². The summed E-state index contributed by atoms with van der Waals surface area (Å²) in [5, 5.41) is 12.1. The Morgan fingerprint density at radius 2 is 1.79 bits per heavy atom. The minimum Gasteiger partial charge on any atom is -0.444 e. The summed E-state index contributed by atoms with van der Waals surface area (Å²) in [6.45, 7) is 10.2. The standard InChI is InChI=1S/C34H49N7O5S2/c1-24(2)32-37-28(22-47-32)20-40(4)33(43)39-30(12-13-41-14-16-45-17-15-41)31(42)36-25(3)10-11-27(18-26-8-6-5-7-9-26)38-34(44)46-21-29-19-35-23-48-29/h5-9,19,22-25,27,30H,10-18,20-21H2,1-4H3,(H,36,42)(H,38,44)(H,39,43)/t25-,27+,30-/m0/s1. The maximum Gasteiger partial charge on any atom is 0.407 e. The number of hydrogen-bond donors (Lipinski definition) is 3. The van der Waals surface area contributed by atoms with Gasteiger partial charge in [0.05, 0.1) is 40.8 Å². The van der Waals surface area contributed by atoms with E-state index in [-0.39, 0.29) is 30.6 Å². The Morgan fingerprint density at radius 1 is 1.02 bits per heavy atom. The number of amides is 4. The Balaban J connectivity index is 1.33. The normalized spacial score (nSPS) is 15.4. The van der Waals surface area contributed by atoms with Crippen LogP contribution in [0.5, 0.6) is 0 Å². The summed E-state index contributed by atoms with van der Waals surface area (Å²) in [7, 11) is 1.71. The van der Waals surface area contributed by atoms with E-state index < -0.39 is 12.1 Å². The van der Waals surface area contributed by atoms with Crippen molar-refractivity contribution in [3.05, 3.63) is 68.6 Å². The molecule has 0 aliphatic carbocycles. The number of hydrogen-bond acceptors (Lipinski definition) is 10. The largest absolute Gasteiger partial charge is 0.444 e. The third-order valence-electron chi connectivity index (χ3n) is 8.07. The molecule has 12 nitrogen and oxygen atoms in total. The van der Waals surface area contributed by atoms with Crippen LogP contribution in [0.25, 0.3) is 0 Å². The SMILES string of the molecule is CC(C)c1nc(CN(C)C(=O)N[C@@H](CCN2CCOCC2)C(=O)N[C@@H](C)CC[C@H](Cc2ccccc2)NC(=O)OCc2cncs2)cs1. The first-order valence-corrected chi connectivity index (χ1v) is 18.3. The number of urea groups is 1. The highest BCUT2D eigenvalue weighted by Gasteiger charge is 2.26. The van der Waals surface area contributed by atoms with E-state index in [4.69, 9.17) is 9.47 Å². The Labute approximate surface area is 291 Å². The molecule has 48 heavy (non-hydrogen) atoms. The maximum absolute atomic E-state index is 13.6. The number of alkyl carbamates (subject to hydrolysis) is 1. The van der Waals surface area contributed by atoms with Gasteiger partial charge in [-0.25, -0.2) is 14.6 Å². The second kappa shape index (κ2) is 19.4. The van der Waals surface area contributed by atoms with Gasteiger partial charge in [-0.3, -0.25) is 14.7 Å². The van der Waals surface area contributed by atoms with Crippen LogP contribution in [0.2, 0.25) is 0 Å². The number of morpholine rings is 1. The number of nitrogens with one attached hydrogen (secondary N) is 3. The van der Waals surface area contributed by atoms with Crippen LogP contribution in [-0.2, 0) is 33.8 Å². The van der Waals surface area contributed by atoms with Crippen molar-refractivity contribution in [3.63, 3.8) is 0 Å². The molecule has 2 aromatic heterocycles. The van der Waals surface area contributed by atoms with E-state index in [0.29, 0.717) is 57.9 Å². The highest BCUT2D eigenvalue weighted by Crippen LogP contribution is 2.20. The van der Waals surface area contributed by atoms with Gasteiger partial charge in [0.15, 0.2) is 0 Å². The van der Waals surface area contributed by atoms with Crippen molar-refractivity contribution in [2.24, 2.45) is 0 Å². The number of carbonyl (C=O) groups excluding carboxylic acids is 3. The lowest BCUT2D eigenvalue weighted by Crippen LogP contribution is -2.53.